The number of hydrogen-bond acceptors (Lipinski definition) is 3. The first-order chi connectivity index (χ1) is 8.02. The van der Waals surface area contributed by atoms with Crippen LogP contribution in [0.5, 0.6) is 0 Å². The highest BCUT2D eigenvalue weighted by Crippen LogP contribution is 2.30. The number of carbonyl (C=O) groups excluding carboxylic acids is 1. The van der Waals surface area contributed by atoms with Gasteiger partial charge in [0.25, 0.3) is 0 Å². The summed E-state index contributed by atoms with van der Waals surface area (Å²) >= 11 is 0. The summed E-state index contributed by atoms with van der Waals surface area (Å²) in [6.45, 7) is 2.32. The highest BCUT2D eigenvalue weighted by molar-refractivity contribution is 5.81. The van der Waals surface area contributed by atoms with Gasteiger partial charge >= 0.3 is 0 Å². The molecule has 1 aliphatic carbocycles. The van der Waals surface area contributed by atoms with E-state index in [9.17, 15) is 9.90 Å². The molecule has 1 rings (SSSR count). The zero-order chi connectivity index (χ0) is 12.9. The second kappa shape index (κ2) is 6.02. The Morgan fingerprint density at radius 2 is 2.12 bits per heavy atom. The monoisotopic (exact) mass is 238 g/mol. The molecule has 96 valence electrons. The van der Waals surface area contributed by atoms with Crippen molar-refractivity contribution in [1.29, 1.82) is 5.26 Å². The molecule has 0 bridgehead atoms. The van der Waals surface area contributed by atoms with E-state index in [1.807, 2.05) is 13.0 Å². The summed E-state index contributed by atoms with van der Waals surface area (Å²) in [6.07, 6.45) is 4.98. The molecule has 4 heteroatoms. The minimum atomic E-state index is -0.726. The Labute approximate surface area is 103 Å². The molecule has 0 spiro atoms. The first-order valence-electron chi connectivity index (χ1n) is 6.39. The normalized spacial score (nSPS) is 19.6. The van der Waals surface area contributed by atoms with Crippen molar-refractivity contribution in [3.8, 4) is 6.07 Å². The number of nitrogens with zero attached hydrogens (tertiary/aromatic N) is 2. The van der Waals surface area contributed by atoms with Gasteiger partial charge in [0.05, 0.1) is 11.7 Å². The Morgan fingerprint density at radius 1 is 1.53 bits per heavy atom. The van der Waals surface area contributed by atoms with Crippen LogP contribution < -0.4 is 0 Å². The molecule has 0 aliphatic heterocycles. The Morgan fingerprint density at radius 3 is 2.59 bits per heavy atom. The molecular formula is C13H22N2O2. The van der Waals surface area contributed by atoms with Gasteiger partial charge in [-0.1, -0.05) is 26.2 Å². The number of carbonyl (C=O) groups is 1. The third-order valence-corrected chi connectivity index (χ3v) is 3.47. The molecule has 1 unspecified atom stereocenters. The van der Waals surface area contributed by atoms with Gasteiger partial charge in [0.15, 0.2) is 0 Å². The van der Waals surface area contributed by atoms with E-state index in [1.165, 1.54) is 4.90 Å². The first-order valence-corrected chi connectivity index (χ1v) is 6.39. The number of amides is 1. The molecule has 1 amide bonds. The lowest BCUT2D eigenvalue weighted by molar-refractivity contribution is -0.135. The van der Waals surface area contributed by atoms with Crippen molar-refractivity contribution in [3.05, 3.63) is 0 Å². The maximum absolute atomic E-state index is 12.0. The lowest BCUT2D eigenvalue weighted by Gasteiger charge is -2.29. The van der Waals surface area contributed by atoms with Gasteiger partial charge in [0.1, 0.15) is 5.92 Å². The van der Waals surface area contributed by atoms with Crippen LogP contribution in [0.1, 0.15) is 45.4 Å². The van der Waals surface area contributed by atoms with Crippen LogP contribution in [0.15, 0.2) is 0 Å². The number of hydrogen-bond donors (Lipinski definition) is 1. The topological polar surface area (TPSA) is 64.3 Å². The smallest absolute Gasteiger partial charge is 0.239 e. The zero-order valence-corrected chi connectivity index (χ0v) is 10.8. The van der Waals surface area contributed by atoms with Crippen LogP contribution in [0.25, 0.3) is 0 Å². The summed E-state index contributed by atoms with van der Waals surface area (Å²) in [5, 5.41) is 19.2. The van der Waals surface area contributed by atoms with Crippen LogP contribution in [-0.4, -0.2) is 35.1 Å². The molecule has 0 radical (unpaired) electrons. The van der Waals surface area contributed by atoms with Gasteiger partial charge in [-0.25, -0.2) is 0 Å². The quantitative estimate of drug-likeness (QED) is 0.792. The Balaban J connectivity index is 2.54. The number of likely N-dealkylation sites (N-methyl/N-ethyl adjacent to an activating group) is 1. The van der Waals surface area contributed by atoms with Crippen molar-refractivity contribution in [2.24, 2.45) is 5.92 Å². The summed E-state index contributed by atoms with van der Waals surface area (Å²) in [7, 11) is 1.68. The van der Waals surface area contributed by atoms with E-state index in [1.54, 1.807) is 7.05 Å². The Bertz CT molecular complexity index is 303. The first kappa shape index (κ1) is 14.0. The zero-order valence-electron chi connectivity index (χ0n) is 10.8. The van der Waals surface area contributed by atoms with Crippen molar-refractivity contribution >= 4 is 5.91 Å². The van der Waals surface area contributed by atoms with E-state index in [4.69, 9.17) is 5.26 Å². The van der Waals surface area contributed by atoms with E-state index in [2.05, 4.69) is 0 Å². The van der Waals surface area contributed by atoms with Crippen molar-refractivity contribution in [2.75, 3.05) is 13.6 Å². The van der Waals surface area contributed by atoms with Crippen LogP contribution in [0.4, 0.5) is 0 Å². The van der Waals surface area contributed by atoms with Gasteiger partial charge in [-0.2, -0.15) is 5.26 Å². The predicted octanol–water partition coefficient (Wildman–Crippen LogP) is 1.69. The van der Waals surface area contributed by atoms with Crippen LogP contribution in [0.2, 0.25) is 0 Å². The summed E-state index contributed by atoms with van der Waals surface area (Å²) in [4.78, 5) is 13.5. The second-order valence-corrected chi connectivity index (χ2v) is 5.10. The minimum absolute atomic E-state index is 0.158. The van der Waals surface area contributed by atoms with Crippen LogP contribution in [0.3, 0.4) is 0 Å². The van der Waals surface area contributed by atoms with E-state index < -0.39 is 11.5 Å². The van der Waals surface area contributed by atoms with Gasteiger partial charge in [0.2, 0.25) is 5.91 Å². The highest BCUT2D eigenvalue weighted by Gasteiger charge is 2.34. The molecule has 0 aromatic carbocycles. The largest absolute Gasteiger partial charge is 0.388 e. The summed E-state index contributed by atoms with van der Waals surface area (Å²) in [5.74, 6) is -0.718. The summed E-state index contributed by atoms with van der Waals surface area (Å²) < 4.78 is 0. The highest BCUT2D eigenvalue weighted by atomic mass is 16.3. The van der Waals surface area contributed by atoms with Crippen LogP contribution in [0, 0.1) is 17.2 Å². The maximum atomic E-state index is 12.0. The molecule has 1 N–H and O–H groups in total. The molecule has 1 aliphatic rings. The third-order valence-electron chi connectivity index (χ3n) is 3.47. The van der Waals surface area contributed by atoms with Crippen molar-refractivity contribution in [2.45, 2.75) is 51.0 Å². The number of nitriles is 1. The number of aliphatic hydroxyl groups is 1. The molecule has 0 saturated heterocycles. The molecular weight excluding hydrogens is 216 g/mol. The average Bonchev–Trinajstić information content (AvgIpc) is 2.71. The van der Waals surface area contributed by atoms with Gasteiger partial charge in [0, 0.05) is 13.6 Å². The lowest BCUT2D eigenvalue weighted by Crippen LogP contribution is -2.44. The van der Waals surface area contributed by atoms with Crippen LogP contribution in [-0.2, 0) is 4.79 Å². The summed E-state index contributed by atoms with van der Waals surface area (Å²) in [6, 6.07) is 2.05. The minimum Gasteiger partial charge on any atom is -0.388 e. The van der Waals surface area contributed by atoms with Crippen LogP contribution >= 0.6 is 0 Å². The van der Waals surface area contributed by atoms with Gasteiger partial charge < -0.3 is 10.0 Å². The predicted molar refractivity (Wildman–Crippen MR) is 65.1 cm³/mol. The van der Waals surface area contributed by atoms with Crippen molar-refractivity contribution in [1.82, 2.24) is 4.90 Å². The molecule has 1 fully saturated rings. The molecule has 4 nitrogen and oxygen atoms in total. The van der Waals surface area contributed by atoms with Crippen molar-refractivity contribution in [3.63, 3.8) is 0 Å². The van der Waals surface area contributed by atoms with E-state index in [0.29, 0.717) is 13.0 Å². The Kier molecular flexibility index (Phi) is 4.95. The molecule has 1 atom stereocenters. The molecule has 0 aromatic rings. The van der Waals surface area contributed by atoms with E-state index in [0.717, 1.165) is 32.1 Å². The van der Waals surface area contributed by atoms with E-state index >= 15 is 0 Å². The molecule has 17 heavy (non-hydrogen) atoms. The van der Waals surface area contributed by atoms with Gasteiger partial charge in [-0.3, -0.25) is 4.79 Å². The average molecular weight is 238 g/mol. The fourth-order valence-electron chi connectivity index (χ4n) is 2.51. The standard InChI is InChI=1S/C13H22N2O2/c1-3-6-11(9-14)12(16)15(2)10-13(17)7-4-5-8-13/h11,17H,3-8,10H2,1-2H3. The maximum Gasteiger partial charge on any atom is 0.239 e. The molecule has 1 saturated carbocycles. The SMILES string of the molecule is CCCC(C#N)C(=O)N(C)CC1(O)CCCC1. The molecule has 0 heterocycles. The second-order valence-electron chi connectivity index (χ2n) is 5.10. The van der Waals surface area contributed by atoms with Gasteiger partial charge in [-0.15, -0.1) is 0 Å². The fourth-order valence-corrected chi connectivity index (χ4v) is 2.51. The number of rotatable bonds is 5. The van der Waals surface area contributed by atoms with Crippen molar-refractivity contribution < 1.29 is 9.90 Å². The fraction of sp³-hybridized carbons (Fsp3) is 0.846. The van der Waals surface area contributed by atoms with E-state index in [-0.39, 0.29) is 5.91 Å². The Hall–Kier alpha value is -1.08. The summed E-state index contributed by atoms with van der Waals surface area (Å²) in [5.41, 5.74) is -0.726. The third kappa shape index (κ3) is 3.71. The van der Waals surface area contributed by atoms with Gasteiger partial charge in [-0.05, 0) is 19.3 Å². The lowest BCUT2D eigenvalue weighted by atomic mass is 9.99. The molecule has 0 aromatic heterocycles.